The van der Waals surface area contributed by atoms with Gasteiger partial charge in [0.15, 0.2) is 0 Å². The van der Waals surface area contributed by atoms with Crippen LogP contribution in [0.15, 0.2) is 36.7 Å². The van der Waals surface area contributed by atoms with Crippen LogP contribution >= 0.6 is 0 Å². The number of nitrogens with zero attached hydrogens (tertiary/aromatic N) is 3. The first-order valence-corrected chi connectivity index (χ1v) is 8.01. The van der Waals surface area contributed by atoms with Crippen molar-refractivity contribution in [3.05, 3.63) is 48.3 Å². The Morgan fingerprint density at radius 2 is 2.33 bits per heavy atom. The molecule has 1 saturated heterocycles. The molecule has 0 radical (unpaired) electrons. The molecule has 2 atom stereocenters. The van der Waals surface area contributed by atoms with Gasteiger partial charge >= 0.3 is 6.03 Å². The van der Waals surface area contributed by atoms with Crippen molar-refractivity contribution in [1.29, 1.82) is 0 Å². The Morgan fingerprint density at radius 3 is 3.04 bits per heavy atom. The van der Waals surface area contributed by atoms with E-state index in [2.05, 4.69) is 10.3 Å². The van der Waals surface area contributed by atoms with Crippen molar-refractivity contribution in [3.63, 3.8) is 0 Å². The van der Waals surface area contributed by atoms with Gasteiger partial charge in [0.2, 0.25) is 0 Å². The first kappa shape index (κ1) is 16.4. The number of urea groups is 1. The van der Waals surface area contributed by atoms with Gasteiger partial charge in [-0.2, -0.15) is 0 Å². The Morgan fingerprint density at radius 1 is 1.50 bits per heavy atom. The summed E-state index contributed by atoms with van der Waals surface area (Å²) in [6.07, 6.45) is 4.36. The third-order valence-electron chi connectivity index (χ3n) is 4.39. The number of aliphatic hydroxyl groups is 1. The summed E-state index contributed by atoms with van der Waals surface area (Å²) in [5, 5.41) is 13.3. The van der Waals surface area contributed by atoms with Crippen LogP contribution in [0.5, 0.6) is 0 Å². The molecular weight excluding hydrogens is 311 g/mol. The number of aryl methyl sites for hydroxylation is 1. The summed E-state index contributed by atoms with van der Waals surface area (Å²) < 4.78 is 15.0. The van der Waals surface area contributed by atoms with Gasteiger partial charge in [-0.3, -0.25) is 0 Å². The van der Waals surface area contributed by atoms with Crippen molar-refractivity contribution < 1.29 is 14.3 Å². The molecule has 128 valence electrons. The number of aliphatic hydroxyl groups excluding tert-OH is 1. The predicted octanol–water partition coefficient (Wildman–Crippen LogP) is 2.54. The zero-order valence-corrected chi connectivity index (χ0v) is 13.5. The number of hydrogen-bond acceptors (Lipinski definition) is 3. The Bertz CT molecular complexity index is 718. The van der Waals surface area contributed by atoms with Gasteiger partial charge in [0.1, 0.15) is 17.7 Å². The van der Waals surface area contributed by atoms with Crippen molar-refractivity contribution >= 4 is 11.7 Å². The minimum Gasteiger partial charge on any atom is -0.385 e. The zero-order chi connectivity index (χ0) is 17.1. The lowest BCUT2D eigenvalue weighted by molar-refractivity contribution is 0.0552. The average molecular weight is 332 g/mol. The van der Waals surface area contributed by atoms with Gasteiger partial charge in [0.05, 0.1) is 0 Å². The van der Waals surface area contributed by atoms with E-state index < -0.39 is 11.9 Å². The number of aromatic nitrogens is 2. The quantitative estimate of drug-likeness (QED) is 0.907. The Labute approximate surface area is 139 Å². The minimum absolute atomic E-state index is 0.0712. The number of imidazole rings is 1. The Balaban J connectivity index is 1.64. The van der Waals surface area contributed by atoms with Gasteiger partial charge in [0, 0.05) is 44.1 Å². The first-order valence-electron chi connectivity index (χ1n) is 8.01. The Kier molecular flexibility index (Phi) is 4.80. The molecule has 2 heterocycles. The second-order valence-corrected chi connectivity index (χ2v) is 6.13. The van der Waals surface area contributed by atoms with Gasteiger partial charge in [-0.25, -0.2) is 14.2 Å². The summed E-state index contributed by atoms with van der Waals surface area (Å²) in [4.78, 5) is 18.2. The van der Waals surface area contributed by atoms with Crippen LogP contribution in [0, 0.1) is 11.7 Å². The molecule has 2 N–H and O–H groups in total. The third-order valence-corrected chi connectivity index (χ3v) is 4.39. The van der Waals surface area contributed by atoms with E-state index in [1.807, 2.05) is 7.05 Å². The van der Waals surface area contributed by atoms with Gasteiger partial charge in [-0.1, -0.05) is 6.07 Å². The maximum Gasteiger partial charge on any atom is 0.321 e. The minimum atomic E-state index is -0.713. The lowest BCUT2D eigenvalue weighted by atomic mass is 9.92. The molecule has 1 aliphatic heterocycles. The van der Waals surface area contributed by atoms with Gasteiger partial charge in [0.25, 0.3) is 0 Å². The van der Waals surface area contributed by atoms with Crippen molar-refractivity contribution in [2.24, 2.45) is 13.0 Å². The van der Waals surface area contributed by atoms with Gasteiger partial charge in [-0.05, 0) is 31.0 Å². The fourth-order valence-corrected chi connectivity index (χ4v) is 3.09. The summed E-state index contributed by atoms with van der Waals surface area (Å²) in [5.41, 5.74) is 0.423. The average Bonchev–Trinajstić information content (AvgIpc) is 3.00. The largest absolute Gasteiger partial charge is 0.385 e. The SMILES string of the molecule is Cn1ccnc1C(O)C1CCCN(C(=O)Nc2cccc(F)c2)C1. The van der Waals surface area contributed by atoms with Crippen LogP contribution in [0.1, 0.15) is 24.8 Å². The number of amides is 2. The third kappa shape index (κ3) is 3.56. The summed E-state index contributed by atoms with van der Waals surface area (Å²) in [7, 11) is 1.84. The number of nitrogens with one attached hydrogen (secondary N) is 1. The zero-order valence-electron chi connectivity index (χ0n) is 13.5. The highest BCUT2D eigenvalue weighted by molar-refractivity contribution is 5.89. The first-order chi connectivity index (χ1) is 11.5. The molecule has 1 aromatic heterocycles. The summed E-state index contributed by atoms with van der Waals surface area (Å²) in [5.74, 6) is 0.139. The van der Waals surface area contributed by atoms with Crippen LogP contribution < -0.4 is 5.32 Å². The second kappa shape index (κ2) is 7.00. The molecule has 2 amide bonds. The normalized spacial score (nSPS) is 19.1. The number of carbonyl (C=O) groups is 1. The molecule has 0 spiro atoms. The summed E-state index contributed by atoms with van der Waals surface area (Å²) in [6.45, 7) is 1.06. The van der Waals surface area contributed by atoms with Crippen LogP contribution in [-0.4, -0.2) is 38.7 Å². The summed E-state index contributed by atoms with van der Waals surface area (Å²) >= 11 is 0. The molecule has 1 aliphatic rings. The number of likely N-dealkylation sites (tertiary alicyclic amines) is 1. The number of rotatable bonds is 3. The maximum absolute atomic E-state index is 13.2. The molecule has 0 bridgehead atoms. The Hall–Kier alpha value is -2.41. The van der Waals surface area contributed by atoms with Crippen LogP contribution in [0.4, 0.5) is 14.9 Å². The van der Waals surface area contributed by atoms with Crippen LogP contribution in [0.3, 0.4) is 0 Å². The van der Waals surface area contributed by atoms with Crippen molar-refractivity contribution in [2.45, 2.75) is 18.9 Å². The smallest absolute Gasteiger partial charge is 0.321 e. The molecule has 0 aliphatic carbocycles. The standard InChI is InChI=1S/C17H21FN4O2/c1-21-9-7-19-16(21)15(23)12-4-3-8-22(11-12)17(24)20-14-6-2-5-13(18)10-14/h2,5-7,9-10,12,15,23H,3-4,8,11H2,1H3,(H,20,24). The molecular formula is C17H21FN4O2. The lowest BCUT2D eigenvalue weighted by Crippen LogP contribution is -2.44. The predicted molar refractivity (Wildman–Crippen MR) is 87.9 cm³/mol. The fourth-order valence-electron chi connectivity index (χ4n) is 3.09. The highest BCUT2D eigenvalue weighted by atomic mass is 19.1. The molecule has 2 unspecified atom stereocenters. The number of carbonyl (C=O) groups excluding carboxylic acids is 1. The number of piperidine rings is 1. The fraction of sp³-hybridized carbons (Fsp3) is 0.412. The summed E-state index contributed by atoms with van der Waals surface area (Å²) in [6, 6.07) is 5.52. The van der Waals surface area contributed by atoms with Crippen LogP contribution in [0.2, 0.25) is 0 Å². The van der Waals surface area contributed by atoms with Gasteiger partial charge in [-0.15, -0.1) is 0 Å². The lowest BCUT2D eigenvalue weighted by Gasteiger charge is -2.34. The van der Waals surface area contributed by atoms with E-state index in [1.54, 1.807) is 34.0 Å². The molecule has 1 fully saturated rings. The van der Waals surface area contributed by atoms with E-state index in [9.17, 15) is 14.3 Å². The number of hydrogen-bond donors (Lipinski definition) is 2. The van der Waals surface area contributed by atoms with E-state index in [0.29, 0.717) is 24.6 Å². The number of anilines is 1. The van der Waals surface area contributed by atoms with E-state index in [-0.39, 0.29) is 11.9 Å². The molecule has 6 nitrogen and oxygen atoms in total. The molecule has 24 heavy (non-hydrogen) atoms. The van der Waals surface area contributed by atoms with Crippen molar-refractivity contribution in [3.8, 4) is 0 Å². The molecule has 2 aromatic rings. The molecule has 1 aromatic carbocycles. The van der Waals surface area contributed by atoms with E-state index >= 15 is 0 Å². The van der Waals surface area contributed by atoms with E-state index in [4.69, 9.17) is 0 Å². The molecule has 7 heteroatoms. The molecule has 3 rings (SSSR count). The number of benzene rings is 1. The van der Waals surface area contributed by atoms with Crippen LogP contribution in [0.25, 0.3) is 0 Å². The topological polar surface area (TPSA) is 70.4 Å². The van der Waals surface area contributed by atoms with Gasteiger partial charge < -0.3 is 19.9 Å². The van der Waals surface area contributed by atoms with E-state index in [0.717, 1.165) is 12.8 Å². The van der Waals surface area contributed by atoms with E-state index in [1.165, 1.54) is 12.1 Å². The second-order valence-electron chi connectivity index (χ2n) is 6.13. The van der Waals surface area contributed by atoms with Crippen molar-refractivity contribution in [1.82, 2.24) is 14.5 Å². The number of halogens is 1. The highest BCUT2D eigenvalue weighted by Crippen LogP contribution is 2.29. The van der Waals surface area contributed by atoms with Crippen molar-refractivity contribution in [2.75, 3.05) is 18.4 Å². The maximum atomic E-state index is 13.2. The highest BCUT2D eigenvalue weighted by Gasteiger charge is 2.31. The monoisotopic (exact) mass is 332 g/mol. The van der Waals surface area contributed by atoms with Crippen LogP contribution in [-0.2, 0) is 7.05 Å². The molecule has 0 saturated carbocycles.